The summed E-state index contributed by atoms with van der Waals surface area (Å²) < 4.78 is 18.0. The van der Waals surface area contributed by atoms with E-state index >= 15 is 0 Å². The molecule has 3 nitrogen and oxygen atoms in total. The Hall–Kier alpha value is -1.58. The Bertz CT molecular complexity index is 384. The van der Waals surface area contributed by atoms with Gasteiger partial charge in [-0.15, -0.1) is 0 Å². The van der Waals surface area contributed by atoms with Crippen molar-refractivity contribution in [3.05, 3.63) is 29.8 Å². The van der Waals surface area contributed by atoms with E-state index in [1.54, 1.807) is 6.92 Å². The minimum atomic E-state index is -1.19. The van der Waals surface area contributed by atoms with E-state index in [1.165, 1.54) is 5.56 Å². The predicted molar refractivity (Wildman–Crippen MR) is 70.2 cm³/mol. The zero-order valence-electron chi connectivity index (χ0n) is 10.9. The van der Waals surface area contributed by atoms with Crippen molar-refractivity contribution in [2.75, 3.05) is 11.9 Å². The topological polar surface area (TPSA) is 38.3 Å². The van der Waals surface area contributed by atoms with Crippen LogP contribution in [-0.4, -0.2) is 18.9 Å². The minimum Gasteiger partial charge on any atom is -0.468 e. The van der Waals surface area contributed by atoms with E-state index < -0.39 is 5.79 Å². The molecule has 1 unspecified atom stereocenters. The third-order valence-corrected chi connectivity index (χ3v) is 2.96. The number of benzene rings is 1. The molecule has 2 rings (SSSR count). The van der Waals surface area contributed by atoms with Crippen molar-refractivity contribution in [1.82, 2.24) is 0 Å². The third kappa shape index (κ3) is 4.02. The van der Waals surface area contributed by atoms with Gasteiger partial charge in [-0.1, -0.05) is 25.1 Å². The molecule has 1 aromatic carbocycles. The van der Waals surface area contributed by atoms with Gasteiger partial charge < -0.3 is 10.1 Å². The number of para-hydroxylation sites is 1. The quantitative estimate of drug-likeness (QED) is 0.663. The molecule has 0 saturated heterocycles. The fourth-order valence-electron chi connectivity index (χ4n) is 1.83. The average Bonchev–Trinajstić information content (AvgIpc) is 2.40. The van der Waals surface area contributed by atoms with Gasteiger partial charge in [0.1, 0.15) is 0 Å². The summed E-state index contributed by atoms with van der Waals surface area (Å²) in [5.41, 5.74) is 2.18. The van der Waals surface area contributed by atoms with E-state index in [0.717, 1.165) is 12.1 Å². The molecule has 1 heterocycles. The molecule has 0 fully saturated rings. The van der Waals surface area contributed by atoms with E-state index in [9.17, 15) is 9.18 Å². The summed E-state index contributed by atoms with van der Waals surface area (Å²) in [5, 5.41) is 2.96. The summed E-state index contributed by atoms with van der Waals surface area (Å²) in [6, 6.07) is 7.93. The van der Waals surface area contributed by atoms with Gasteiger partial charge in [0.05, 0.1) is 6.61 Å². The molecule has 1 aliphatic rings. The molecule has 1 atom stereocenters. The average molecular weight is 253 g/mol. The number of nitrogens with one attached hydrogen (secondary N) is 1. The first kappa shape index (κ1) is 14.5. The van der Waals surface area contributed by atoms with Gasteiger partial charge in [-0.3, -0.25) is 4.79 Å². The Morgan fingerprint density at radius 2 is 2.17 bits per heavy atom. The largest absolute Gasteiger partial charge is 0.468 e. The maximum Gasteiger partial charge on any atom is 0.293 e. The van der Waals surface area contributed by atoms with Crippen molar-refractivity contribution in [1.29, 1.82) is 0 Å². The van der Waals surface area contributed by atoms with Gasteiger partial charge in [0.2, 0.25) is 0 Å². The number of anilines is 1. The zero-order valence-corrected chi connectivity index (χ0v) is 10.9. The van der Waals surface area contributed by atoms with E-state index in [0.29, 0.717) is 25.9 Å². The van der Waals surface area contributed by atoms with Gasteiger partial charge in [-0.25, -0.2) is 4.39 Å². The molecule has 4 heteroatoms. The summed E-state index contributed by atoms with van der Waals surface area (Å²) in [4.78, 5) is 9.18. The van der Waals surface area contributed by atoms with Gasteiger partial charge in [-0.05, 0) is 31.4 Å². The van der Waals surface area contributed by atoms with Crippen LogP contribution in [0.3, 0.4) is 0 Å². The second-order valence-corrected chi connectivity index (χ2v) is 4.15. The summed E-state index contributed by atoms with van der Waals surface area (Å²) >= 11 is 0. The lowest BCUT2D eigenvalue weighted by molar-refractivity contribution is -0.128. The molecule has 0 aromatic heterocycles. The molecule has 100 valence electrons. The monoisotopic (exact) mass is 253 g/mol. The van der Waals surface area contributed by atoms with Gasteiger partial charge in [0.15, 0.2) is 5.79 Å². The molecule has 0 saturated carbocycles. The van der Waals surface area contributed by atoms with E-state index in [1.807, 2.05) is 25.1 Å². The highest BCUT2D eigenvalue weighted by molar-refractivity contribution is 5.54. The lowest BCUT2D eigenvalue weighted by Gasteiger charge is -2.32. The van der Waals surface area contributed by atoms with Crippen LogP contribution in [0.2, 0.25) is 0 Å². The molecule has 0 aliphatic carbocycles. The molecule has 1 aliphatic heterocycles. The fourth-order valence-corrected chi connectivity index (χ4v) is 1.83. The third-order valence-electron chi connectivity index (χ3n) is 2.96. The van der Waals surface area contributed by atoms with Crippen LogP contribution < -0.4 is 5.32 Å². The number of ether oxygens (including phenoxy) is 1. The van der Waals surface area contributed by atoms with Crippen molar-refractivity contribution in [3.8, 4) is 0 Å². The molecule has 1 aromatic rings. The van der Waals surface area contributed by atoms with E-state index in [4.69, 9.17) is 0 Å². The molecule has 0 radical (unpaired) electrons. The highest BCUT2D eigenvalue weighted by atomic mass is 19.1. The predicted octanol–water partition coefficient (Wildman–Crippen LogP) is 3.30. The standard InChI is InChI=1S/C11H14FN.C3H6O2/c1-2-11(12)8-7-9-5-3-4-6-10(9)13-11;1-2-5-3-4/h3-6,13H,2,7-8H2,1H3;3H,2H2,1H3. The molecular weight excluding hydrogens is 233 g/mol. The summed E-state index contributed by atoms with van der Waals surface area (Å²) in [6.07, 6.45) is 1.95. The molecule has 18 heavy (non-hydrogen) atoms. The second kappa shape index (κ2) is 6.99. The summed E-state index contributed by atoms with van der Waals surface area (Å²) in [5.74, 6) is -1.19. The smallest absolute Gasteiger partial charge is 0.293 e. The first-order chi connectivity index (χ1) is 8.65. The Morgan fingerprint density at radius 1 is 1.44 bits per heavy atom. The lowest BCUT2D eigenvalue weighted by Crippen LogP contribution is -2.36. The number of hydrogen-bond acceptors (Lipinski definition) is 3. The summed E-state index contributed by atoms with van der Waals surface area (Å²) in [6.45, 7) is 4.54. The highest BCUT2D eigenvalue weighted by Crippen LogP contribution is 2.33. The number of alkyl halides is 1. The Kier molecular flexibility index (Phi) is 5.62. The van der Waals surface area contributed by atoms with Crippen LogP contribution in [0.25, 0.3) is 0 Å². The Balaban J connectivity index is 0.000000280. The number of halogens is 1. The van der Waals surface area contributed by atoms with Crippen LogP contribution in [0.1, 0.15) is 32.3 Å². The number of aryl methyl sites for hydroxylation is 1. The Morgan fingerprint density at radius 3 is 2.72 bits per heavy atom. The van der Waals surface area contributed by atoms with Crippen molar-refractivity contribution in [2.24, 2.45) is 0 Å². The van der Waals surface area contributed by atoms with E-state index in [2.05, 4.69) is 16.1 Å². The van der Waals surface area contributed by atoms with Crippen molar-refractivity contribution < 1.29 is 13.9 Å². The van der Waals surface area contributed by atoms with E-state index in [-0.39, 0.29) is 0 Å². The maximum atomic E-state index is 13.9. The molecule has 1 N–H and O–H groups in total. The minimum absolute atomic E-state index is 0.431. The van der Waals surface area contributed by atoms with Crippen LogP contribution in [0.5, 0.6) is 0 Å². The van der Waals surface area contributed by atoms with Gasteiger partial charge in [0, 0.05) is 12.1 Å². The zero-order chi connectivity index (χ0) is 13.4. The van der Waals surface area contributed by atoms with Crippen LogP contribution >= 0.6 is 0 Å². The fraction of sp³-hybridized carbons (Fsp3) is 0.500. The van der Waals surface area contributed by atoms with Crippen molar-refractivity contribution in [3.63, 3.8) is 0 Å². The summed E-state index contributed by atoms with van der Waals surface area (Å²) in [7, 11) is 0. The van der Waals surface area contributed by atoms with Crippen LogP contribution in [0.4, 0.5) is 10.1 Å². The van der Waals surface area contributed by atoms with Gasteiger partial charge >= 0.3 is 0 Å². The number of rotatable bonds is 3. The SMILES string of the molecule is CCC1(F)CCc2ccccc2N1.CCOC=O. The first-order valence-corrected chi connectivity index (χ1v) is 6.25. The van der Waals surface area contributed by atoms with Crippen LogP contribution in [0, 0.1) is 0 Å². The van der Waals surface area contributed by atoms with Crippen LogP contribution in [-0.2, 0) is 16.0 Å². The van der Waals surface area contributed by atoms with Gasteiger partial charge in [0.25, 0.3) is 6.47 Å². The number of carbonyl (C=O) groups is 1. The second-order valence-electron chi connectivity index (χ2n) is 4.15. The lowest BCUT2D eigenvalue weighted by atomic mass is 9.95. The maximum absolute atomic E-state index is 13.9. The molecule has 0 spiro atoms. The molecular formula is C14H20FNO2. The van der Waals surface area contributed by atoms with Crippen LogP contribution in [0.15, 0.2) is 24.3 Å². The number of hydrogen-bond donors (Lipinski definition) is 1. The van der Waals surface area contributed by atoms with Gasteiger partial charge in [-0.2, -0.15) is 0 Å². The number of fused-ring (bicyclic) bond motifs is 1. The first-order valence-electron chi connectivity index (χ1n) is 6.25. The normalized spacial score (nSPS) is 20.8. The van der Waals surface area contributed by atoms with Crippen molar-refractivity contribution >= 4 is 12.2 Å². The Labute approximate surface area is 107 Å². The van der Waals surface area contributed by atoms with Crippen molar-refractivity contribution in [2.45, 2.75) is 38.9 Å². The number of carbonyl (C=O) groups excluding carboxylic acids is 1. The highest BCUT2D eigenvalue weighted by Gasteiger charge is 2.31. The molecule has 0 amide bonds. The molecule has 0 bridgehead atoms.